The van der Waals surface area contributed by atoms with Gasteiger partial charge in [-0.25, -0.2) is 4.79 Å². The van der Waals surface area contributed by atoms with Gasteiger partial charge < -0.3 is 15.2 Å². The van der Waals surface area contributed by atoms with Crippen molar-refractivity contribution in [1.29, 1.82) is 0 Å². The van der Waals surface area contributed by atoms with Crippen molar-refractivity contribution in [3.8, 4) is 5.75 Å². The van der Waals surface area contributed by atoms with Crippen LogP contribution in [0.5, 0.6) is 5.75 Å². The van der Waals surface area contributed by atoms with E-state index in [1.165, 1.54) is 0 Å². The highest BCUT2D eigenvalue weighted by atomic mass is 32.1. The predicted molar refractivity (Wildman–Crippen MR) is 81.5 cm³/mol. The molecule has 1 amide bonds. The quantitative estimate of drug-likeness (QED) is 0.856. The lowest BCUT2D eigenvalue weighted by Gasteiger charge is -2.07. The largest absolute Gasteiger partial charge is 0.494 e. The molecule has 0 aliphatic heterocycles. The van der Waals surface area contributed by atoms with Gasteiger partial charge in [0.05, 0.1) is 12.3 Å². The fourth-order valence-corrected chi connectivity index (χ4v) is 2.38. The standard InChI is InChI=1S/C15H15NO4S/c1-2-8-20-11-5-3-10(4-6-11)14(17)16-12-7-9-21-13(12)15(18)19/h3-7,9H,2,8H2,1H3,(H,16,17)(H,18,19). The van der Waals surface area contributed by atoms with Crippen molar-refractivity contribution in [1.82, 2.24) is 0 Å². The number of ether oxygens (including phenoxy) is 1. The first kappa shape index (κ1) is 15.1. The Morgan fingerprint density at radius 3 is 2.57 bits per heavy atom. The number of aromatic carboxylic acids is 1. The summed E-state index contributed by atoms with van der Waals surface area (Å²) in [5.41, 5.74) is 0.755. The Morgan fingerprint density at radius 1 is 1.24 bits per heavy atom. The molecule has 110 valence electrons. The van der Waals surface area contributed by atoms with Gasteiger partial charge in [0.15, 0.2) is 0 Å². The number of carboxylic acids is 1. The van der Waals surface area contributed by atoms with Crippen LogP contribution in [0.2, 0.25) is 0 Å². The smallest absolute Gasteiger partial charge is 0.348 e. The molecule has 0 aliphatic rings. The van der Waals surface area contributed by atoms with Crippen LogP contribution < -0.4 is 10.1 Å². The lowest BCUT2D eigenvalue weighted by Crippen LogP contribution is -2.13. The number of nitrogens with one attached hydrogen (secondary N) is 1. The number of anilines is 1. The Morgan fingerprint density at radius 2 is 1.95 bits per heavy atom. The maximum Gasteiger partial charge on any atom is 0.348 e. The molecule has 1 heterocycles. The van der Waals surface area contributed by atoms with E-state index < -0.39 is 5.97 Å². The Kier molecular flexibility index (Phi) is 4.94. The van der Waals surface area contributed by atoms with E-state index in [2.05, 4.69) is 5.32 Å². The minimum Gasteiger partial charge on any atom is -0.494 e. The van der Waals surface area contributed by atoms with Crippen molar-refractivity contribution in [3.63, 3.8) is 0 Å². The lowest BCUT2D eigenvalue weighted by molar-refractivity contribution is 0.0703. The normalized spacial score (nSPS) is 10.1. The third-order valence-corrected chi connectivity index (χ3v) is 3.60. The van der Waals surface area contributed by atoms with Crippen LogP contribution in [-0.2, 0) is 0 Å². The zero-order chi connectivity index (χ0) is 15.2. The highest BCUT2D eigenvalue weighted by Gasteiger charge is 2.14. The van der Waals surface area contributed by atoms with Gasteiger partial charge >= 0.3 is 5.97 Å². The molecule has 0 saturated heterocycles. The van der Waals surface area contributed by atoms with Crippen LogP contribution in [0.4, 0.5) is 5.69 Å². The molecule has 0 bridgehead atoms. The summed E-state index contributed by atoms with van der Waals surface area (Å²) in [4.78, 5) is 23.2. The third kappa shape index (κ3) is 3.82. The Bertz CT molecular complexity index is 633. The molecule has 0 saturated carbocycles. The van der Waals surface area contributed by atoms with Crippen molar-refractivity contribution >= 4 is 28.9 Å². The van der Waals surface area contributed by atoms with E-state index in [0.717, 1.165) is 17.8 Å². The summed E-state index contributed by atoms with van der Waals surface area (Å²) in [5, 5.41) is 13.2. The molecule has 5 nitrogen and oxygen atoms in total. The number of benzene rings is 1. The second-order valence-corrected chi connectivity index (χ2v) is 5.21. The fourth-order valence-electron chi connectivity index (χ4n) is 1.69. The van der Waals surface area contributed by atoms with Gasteiger partial charge in [-0.2, -0.15) is 0 Å². The Balaban J connectivity index is 2.06. The lowest BCUT2D eigenvalue weighted by atomic mass is 10.2. The van der Waals surface area contributed by atoms with Gasteiger partial charge in [0.2, 0.25) is 0 Å². The summed E-state index contributed by atoms with van der Waals surface area (Å²) in [6.07, 6.45) is 0.915. The molecule has 0 aliphatic carbocycles. The maximum atomic E-state index is 12.1. The summed E-state index contributed by atoms with van der Waals surface area (Å²) in [6, 6.07) is 8.30. The minimum atomic E-state index is -1.05. The average molecular weight is 305 g/mol. The number of rotatable bonds is 6. The molecular weight excluding hydrogens is 290 g/mol. The van der Waals surface area contributed by atoms with E-state index in [4.69, 9.17) is 9.84 Å². The summed E-state index contributed by atoms with van der Waals surface area (Å²) in [7, 11) is 0. The molecule has 0 radical (unpaired) electrons. The minimum absolute atomic E-state index is 0.117. The Hall–Kier alpha value is -2.34. The average Bonchev–Trinajstić information content (AvgIpc) is 2.94. The first-order chi connectivity index (χ1) is 10.1. The van der Waals surface area contributed by atoms with Crippen LogP contribution in [0.1, 0.15) is 33.4 Å². The second-order valence-electron chi connectivity index (χ2n) is 4.30. The fraction of sp³-hybridized carbons (Fsp3) is 0.200. The monoisotopic (exact) mass is 305 g/mol. The van der Waals surface area contributed by atoms with Gasteiger partial charge in [0.1, 0.15) is 10.6 Å². The van der Waals surface area contributed by atoms with Crippen LogP contribution in [-0.4, -0.2) is 23.6 Å². The van der Waals surface area contributed by atoms with Crippen LogP contribution in [0, 0.1) is 0 Å². The molecular formula is C15H15NO4S. The van der Waals surface area contributed by atoms with Crippen LogP contribution in [0.25, 0.3) is 0 Å². The number of hydrogen-bond donors (Lipinski definition) is 2. The van der Waals surface area contributed by atoms with E-state index in [0.29, 0.717) is 23.6 Å². The highest BCUT2D eigenvalue weighted by Crippen LogP contribution is 2.23. The molecule has 6 heteroatoms. The van der Waals surface area contributed by atoms with E-state index in [1.807, 2.05) is 6.92 Å². The van der Waals surface area contributed by atoms with Gasteiger partial charge in [-0.1, -0.05) is 6.92 Å². The van der Waals surface area contributed by atoms with E-state index in [1.54, 1.807) is 35.7 Å². The zero-order valence-electron chi connectivity index (χ0n) is 11.5. The van der Waals surface area contributed by atoms with Gasteiger partial charge in [-0.15, -0.1) is 11.3 Å². The van der Waals surface area contributed by atoms with Crippen LogP contribution in [0.15, 0.2) is 35.7 Å². The molecule has 2 N–H and O–H groups in total. The molecule has 0 unspecified atom stereocenters. The number of amides is 1. The van der Waals surface area contributed by atoms with Crippen molar-refractivity contribution in [2.75, 3.05) is 11.9 Å². The number of carbonyl (C=O) groups excluding carboxylic acids is 1. The molecule has 2 rings (SSSR count). The molecule has 1 aromatic carbocycles. The number of thiophene rings is 1. The van der Waals surface area contributed by atoms with Gasteiger partial charge in [0.25, 0.3) is 5.91 Å². The van der Waals surface area contributed by atoms with Crippen molar-refractivity contribution in [2.45, 2.75) is 13.3 Å². The first-order valence-corrected chi connectivity index (χ1v) is 7.34. The maximum absolute atomic E-state index is 12.1. The summed E-state index contributed by atoms with van der Waals surface area (Å²) < 4.78 is 5.44. The van der Waals surface area contributed by atoms with Crippen molar-refractivity contribution < 1.29 is 19.4 Å². The zero-order valence-corrected chi connectivity index (χ0v) is 12.3. The number of carbonyl (C=O) groups is 2. The third-order valence-electron chi connectivity index (χ3n) is 2.70. The van der Waals surface area contributed by atoms with Gasteiger partial charge in [-0.3, -0.25) is 4.79 Å². The molecule has 1 aromatic heterocycles. The van der Waals surface area contributed by atoms with Crippen LogP contribution >= 0.6 is 11.3 Å². The van der Waals surface area contributed by atoms with Crippen LogP contribution in [0.3, 0.4) is 0 Å². The molecule has 0 spiro atoms. The first-order valence-electron chi connectivity index (χ1n) is 6.46. The SMILES string of the molecule is CCCOc1ccc(C(=O)Nc2ccsc2C(=O)O)cc1. The number of hydrogen-bond acceptors (Lipinski definition) is 4. The molecule has 0 atom stereocenters. The molecule has 0 fully saturated rings. The number of carboxylic acid groups (broad SMARTS) is 1. The highest BCUT2D eigenvalue weighted by molar-refractivity contribution is 7.12. The van der Waals surface area contributed by atoms with Gasteiger partial charge in [0, 0.05) is 5.56 Å². The molecule has 21 heavy (non-hydrogen) atoms. The van der Waals surface area contributed by atoms with E-state index in [-0.39, 0.29) is 10.8 Å². The van der Waals surface area contributed by atoms with E-state index in [9.17, 15) is 9.59 Å². The summed E-state index contributed by atoms with van der Waals surface area (Å²) >= 11 is 1.07. The summed E-state index contributed by atoms with van der Waals surface area (Å²) in [6.45, 7) is 2.64. The van der Waals surface area contributed by atoms with Crippen molar-refractivity contribution in [3.05, 3.63) is 46.2 Å². The Labute approximate surface area is 126 Å². The molecule has 2 aromatic rings. The second kappa shape index (κ2) is 6.90. The van der Waals surface area contributed by atoms with Crippen molar-refractivity contribution in [2.24, 2.45) is 0 Å². The van der Waals surface area contributed by atoms with E-state index >= 15 is 0 Å². The van der Waals surface area contributed by atoms with Gasteiger partial charge in [-0.05, 0) is 42.1 Å². The topological polar surface area (TPSA) is 75.6 Å². The summed E-state index contributed by atoms with van der Waals surface area (Å²) in [5.74, 6) is -0.697. The predicted octanol–water partition coefficient (Wildman–Crippen LogP) is 3.49.